The molecular weight excluding hydrogens is 380 g/mol. The normalized spacial score (nSPS) is 10.8. The molecule has 0 aliphatic rings. The first-order chi connectivity index (χ1) is 8.66. The van der Waals surface area contributed by atoms with Gasteiger partial charge in [0.25, 0.3) is 5.91 Å². The fourth-order valence-electron chi connectivity index (χ4n) is 1.23. The van der Waals surface area contributed by atoms with Gasteiger partial charge in [-0.3, -0.25) is 4.79 Å². The van der Waals surface area contributed by atoms with Gasteiger partial charge in [-0.2, -0.15) is 5.10 Å². The second-order valence-corrected chi connectivity index (χ2v) is 6.64. The van der Waals surface area contributed by atoms with Crippen LogP contribution in [0.3, 0.4) is 0 Å². The Hall–Kier alpha value is -0.980. The molecule has 0 saturated carbocycles. The lowest BCUT2D eigenvalue weighted by Crippen LogP contribution is -2.16. The van der Waals surface area contributed by atoms with Crippen LogP contribution in [0.4, 0.5) is 0 Å². The molecule has 1 N–H and O–H groups in total. The van der Waals surface area contributed by atoms with Crippen molar-refractivity contribution in [3.63, 3.8) is 0 Å². The molecule has 1 amide bonds. The highest BCUT2D eigenvalue weighted by atomic mass is 79.9. The minimum atomic E-state index is -0.214. The van der Waals surface area contributed by atoms with Crippen LogP contribution in [0.1, 0.15) is 15.2 Å². The molecule has 6 heteroatoms. The van der Waals surface area contributed by atoms with Gasteiger partial charge < -0.3 is 0 Å². The topological polar surface area (TPSA) is 41.5 Å². The number of hydrogen-bond donors (Lipinski definition) is 1. The van der Waals surface area contributed by atoms with Gasteiger partial charge in [0, 0.05) is 10.0 Å². The van der Waals surface area contributed by atoms with Crippen LogP contribution in [-0.4, -0.2) is 12.1 Å². The number of halogens is 2. The Kier molecular flexibility index (Phi) is 4.68. The molecule has 0 unspecified atom stereocenters. The summed E-state index contributed by atoms with van der Waals surface area (Å²) >= 11 is 8.08. The predicted molar refractivity (Wildman–Crippen MR) is 81.2 cm³/mol. The summed E-state index contributed by atoms with van der Waals surface area (Å²) in [6, 6.07) is 11.2. The number of rotatable bonds is 3. The maximum absolute atomic E-state index is 11.7. The van der Waals surface area contributed by atoms with Gasteiger partial charge in [0.15, 0.2) is 0 Å². The van der Waals surface area contributed by atoms with Gasteiger partial charge in [0.2, 0.25) is 0 Å². The molecule has 0 aliphatic heterocycles. The van der Waals surface area contributed by atoms with E-state index >= 15 is 0 Å². The van der Waals surface area contributed by atoms with Crippen molar-refractivity contribution in [2.24, 2.45) is 5.10 Å². The number of hydrogen-bond acceptors (Lipinski definition) is 3. The Morgan fingerprint density at radius 2 is 2.00 bits per heavy atom. The van der Waals surface area contributed by atoms with Crippen LogP contribution in [0.5, 0.6) is 0 Å². The van der Waals surface area contributed by atoms with Crippen LogP contribution in [0.2, 0.25) is 0 Å². The van der Waals surface area contributed by atoms with Crippen LogP contribution in [0, 0.1) is 0 Å². The van der Waals surface area contributed by atoms with Crippen molar-refractivity contribution in [3.05, 3.63) is 55.1 Å². The molecule has 92 valence electrons. The number of carbonyl (C=O) groups excluding carboxylic acids is 1. The number of benzene rings is 1. The highest BCUT2D eigenvalue weighted by molar-refractivity contribution is 9.11. The third-order valence-corrected chi connectivity index (χ3v) is 4.42. The number of thiophene rings is 1. The Bertz CT molecular complexity index is 595. The second-order valence-electron chi connectivity index (χ2n) is 3.32. The van der Waals surface area contributed by atoms with E-state index in [-0.39, 0.29) is 5.91 Å². The van der Waals surface area contributed by atoms with E-state index in [2.05, 4.69) is 42.4 Å². The first-order valence-electron chi connectivity index (χ1n) is 5.00. The Morgan fingerprint density at radius 3 is 2.67 bits per heavy atom. The largest absolute Gasteiger partial charge is 0.281 e. The molecule has 0 fully saturated rings. The zero-order valence-corrected chi connectivity index (χ0v) is 13.0. The summed E-state index contributed by atoms with van der Waals surface area (Å²) in [5.74, 6) is -0.214. The first-order valence-corrected chi connectivity index (χ1v) is 7.40. The van der Waals surface area contributed by atoms with E-state index in [1.165, 1.54) is 11.3 Å². The zero-order valence-electron chi connectivity index (χ0n) is 9.06. The summed E-state index contributed by atoms with van der Waals surface area (Å²) in [5.41, 5.74) is 3.39. The van der Waals surface area contributed by atoms with Crippen molar-refractivity contribution in [1.82, 2.24) is 5.43 Å². The maximum atomic E-state index is 11.7. The average Bonchev–Trinajstić information content (AvgIpc) is 2.78. The fourth-order valence-corrected chi connectivity index (χ4v) is 2.89. The quantitative estimate of drug-likeness (QED) is 0.626. The molecular formula is C12H8Br2N2OS. The zero-order chi connectivity index (χ0) is 13.0. The van der Waals surface area contributed by atoms with Gasteiger partial charge in [0.05, 0.1) is 14.9 Å². The van der Waals surface area contributed by atoms with Crippen molar-refractivity contribution in [3.8, 4) is 0 Å². The molecule has 0 atom stereocenters. The predicted octanol–water partition coefficient (Wildman–Crippen LogP) is 4.04. The molecule has 0 aliphatic carbocycles. The van der Waals surface area contributed by atoms with E-state index in [0.717, 1.165) is 13.8 Å². The van der Waals surface area contributed by atoms with E-state index in [0.29, 0.717) is 4.88 Å². The second kappa shape index (κ2) is 6.26. The first kappa shape index (κ1) is 13.5. The minimum Gasteiger partial charge on any atom is -0.266 e. The fraction of sp³-hybridized carbons (Fsp3) is 0. The van der Waals surface area contributed by atoms with Gasteiger partial charge in [0.1, 0.15) is 0 Å². The monoisotopic (exact) mass is 386 g/mol. The smallest absolute Gasteiger partial charge is 0.266 e. The molecule has 18 heavy (non-hydrogen) atoms. The van der Waals surface area contributed by atoms with Gasteiger partial charge in [-0.25, -0.2) is 5.43 Å². The molecule has 0 saturated heterocycles. The molecule has 0 spiro atoms. The van der Waals surface area contributed by atoms with E-state index in [1.807, 2.05) is 30.3 Å². The number of nitrogens with one attached hydrogen (secondary N) is 1. The molecule has 3 nitrogen and oxygen atoms in total. The van der Waals surface area contributed by atoms with Crippen molar-refractivity contribution >= 4 is 55.3 Å². The number of carbonyl (C=O) groups is 1. The maximum Gasteiger partial charge on any atom is 0.281 e. The molecule has 1 heterocycles. The highest BCUT2D eigenvalue weighted by Gasteiger charge is 2.06. The van der Waals surface area contributed by atoms with Crippen LogP contribution in [0.25, 0.3) is 0 Å². The van der Waals surface area contributed by atoms with Gasteiger partial charge >= 0.3 is 0 Å². The van der Waals surface area contributed by atoms with Crippen molar-refractivity contribution in [2.45, 2.75) is 0 Å². The summed E-state index contributed by atoms with van der Waals surface area (Å²) in [6.07, 6.45) is 1.60. The van der Waals surface area contributed by atoms with E-state index in [1.54, 1.807) is 12.3 Å². The summed E-state index contributed by atoms with van der Waals surface area (Å²) in [4.78, 5) is 12.3. The lowest BCUT2D eigenvalue weighted by atomic mass is 10.2. The molecule has 2 rings (SSSR count). The average molecular weight is 388 g/mol. The van der Waals surface area contributed by atoms with Crippen molar-refractivity contribution < 1.29 is 4.79 Å². The standard InChI is InChI=1S/C12H8Br2N2OS/c13-9-4-2-1-3-8(9)7-15-16-12(17)10-5-6-11(14)18-10/h1-7H,(H,16,17)/b15-7-. The van der Waals surface area contributed by atoms with Crippen LogP contribution < -0.4 is 5.43 Å². The van der Waals surface area contributed by atoms with Gasteiger partial charge in [-0.05, 0) is 34.1 Å². The van der Waals surface area contributed by atoms with Gasteiger partial charge in [-0.15, -0.1) is 11.3 Å². The summed E-state index contributed by atoms with van der Waals surface area (Å²) in [6.45, 7) is 0. The van der Waals surface area contributed by atoms with Crippen LogP contribution >= 0.6 is 43.2 Å². The summed E-state index contributed by atoms with van der Waals surface area (Å²) < 4.78 is 1.85. The van der Waals surface area contributed by atoms with Crippen LogP contribution in [-0.2, 0) is 0 Å². The number of nitrogens with zero attached hydrogens (tertiary/aromatic N) is 1. The summed E-state index contributed by atoms with van der Waals surface area (Å²) in [7, 11) is 0. The lowest BCUT2D eigenvalue weighted by Gasteiger charge is -1.97. The lowest BCUT2D eigenvalue weighted by molar-refractivity contribution is 0.0959. The van der Waals surface area contributed by atoms with E-state index < -0.39 is 0 Å². The molecule has 1 aromatic heterocycles. The third-order valence-electron chi connectivity index (χ3n) is 2.07. The Labute approximate surface area is 125 Å². The molecule has 1 aromatic carbocycles. The van der Waals surface area contributed by atoms with E-state index in [9.17, 15) is 4.79 Å². The number of amides is 1. The highest BCUT2D eigenvalue weighted by Crippen LogP contribution is 2.21. The summed E-state index contributed by atoms with van der Waals surface area (Å²) in [5, 5.41) is 3.92. The van der Waals surface area contributed by atoms with Gasteiger partial charge in [-0.1, -0.05) is 34.1 Å². The molecule has 0 radical (unpaired) electrons. The minimum absolute atomic E-state index is 0.214. The Balaban J connectivity index is 2.00. The third kappa shape index (κ3) is 3.51. The van der Waals surface area contributed by atoms with Crippen molar-refractivity contribution in [2.75, 3.05) is 0 Å². The molecule has 0 bridgehead atoms. The van der Waals surface area contributed by atoms with Crippen molar-refractivity contribution in [1.29, 1.82) is 0 Å². The number of hydrazone groups is 1. The van der Waals surface area contributed by atoms with Crippen LogP contribution in [0.15, 0.2) is 49.8 Å². The van der Waals surface area contributed by atoms with E-state index in [4.69, 9.17) is 0 Å². The molecule has 2 aromatic rings. The SMILES string of the molecule is O=C(N/N=C\c1ccccc1Br)c1ccc(Br)s1. The Morgan fingerprint density at radius 1 is 1.22 bits per heavy atom.